The third-order valence-corrected chi connectivity index (χ3v) is 5.87. The lowest BCUT2D eigenvalue weighted by molar-refractivity contribution is 0.431. The maximum absolute atomic E-state index is 12.6. The molecule has 0 aliphatic carbocycles. The van der Waals surface area contributed by atoms with Crippen LogP contribution >= 0.6 is 12.2 Å². The molecule has 4 rings (SSSR count). The second-order valence-electron chi connectivity index (χ2n) is 8.25. The Morgan fingerprint density at radius 1 is 1.00 bits per heavy atom. The van der Waals surface area contributed by atoms with E-state index < -0.39 is 5.56 Å². The van der Waals surface area contributed by atoms with Crippen molar-refractivity contribution >= 4 is 18.3 Å². The molecule has 1 atom stereocenters. The summed E-state index contributed by atoms with van der Waals surface area (Å²) in [6, 6.07) is 26.8. The average molecular weight is 471 g/mol. The highest BCUT2D eigenvalue weighted by atomic mass is 32.1. The lowest BCUT2D eigenvalue weighted by Crippen LogP contribution is -2.16. The largest absolute Gasteiger partial charge is 0.494 e. The number of H-pyrrole nitrogens is 1. The van der Waals surface area contributed by atoms with Crippen molar-refractivity contribution in [2.75, 3.05) is 0 Å². The van der Waals surface area contributed by atoms with Gasteiger partial charge in [0.25, 0.3) is 5.56 Å². The number of aromatic amines is 1. The normalized spacial score (nSPS) is 12.4. The lowest BCUT2D eigenvalue weighted by Gasteiger charge is -2.14. The van der Waals surface area contributed by atoms with Crippen LogP contribution in [0.2, 0.25) is 0 Å². The maximum atomic E-state index is 12.6. The molecule has 0 spiro atoms. The van der Waals surface area contributed by atoms with Crippen molar-refractivity contribution in [1.29, 1.82) is 0 Å². The van der Waals surface area contributed by atoms with E-state index in [9.17, 15) is 9.90 Å². The van der Waals surface area contributed by atoms with Crippen molar-refractivity contribution in [3.63, 3.8) is 0 Å². The van der Waals surface area contributed by atoms with Gasteiger partial charge in [0.2, 0.25) is 5.88 Å². The van der Waals surface area contributed by atoms with Gasteiger partial charge in [-0.2, -0.15) is 0 Å². The molecule has 0 radical (unpaired) electrons. The summed E-state index contributed by atoms with van der Waals surface area (Å²) in [7, 11) is 0. The molecule has 0 amide bonds. The molecule has 3 aromatic carbocycles. The van der Waals surface area contributed by atoms with Gasteiger partial charge in [0.15, 0.2) is 4.77 Å². The predicted molar refractivity (Wildman–Crippen MR) is 139 cm³/mol. The molecule has 1 aromatic heterocycles. The highest BCUT2D eigenvalue weighted by Gasteiger charge is 2.14. The molecule has 34 heavy (non-hydrogen) atoms. The van der Waals surface area contributed by atoms with Gasteiger partial charge >= 0.3 is 0 Å². The smallest absolute Gasteiger partial charge is 0.262 e. The van der Waals surface area contributed by atoms with Crippen LogP contribution < -0.4 is 10.3 Å². The Labute approximate surface area is 203 Å². The first-order chi connectivity index (χ1) is 16.4. The van der Waals surface area contributed by atoms with Crippen LogP contribution in [0.1, 0.15) is 37.3 Å². The Hall–Kier alpha value is -3.90. The SMILES string of the molecule is CC(=Cc1c(O)n(-c2ccc(Oc3ccccc3)cc2)c(=S)[nH]c1=O)CC(C)c1ccccc1. The van der Waals surface area contributed by atoms with Crippen LogP contribution in [0.15, 0.2) is 95.3 Å². The monoisotopic (exact) mass is 470 g/mol. The number of nitrogens with zero attached hydrogens (tertiary/aromatic N) is 1. The number of hydrogen-bond acceptors (Lipinski definition) is 4. The number of aromatic nitrogens is 2. The topological polar surface area (TPSA) is 67.2 Å². The van der Waals surface area contributed by atoms with Crippen molar-refractivity contribution in [1.82, 2.24) is 9.55 Å². The molecular weight excluding hydrogens is 444 g/mol. The van der Waals surface area contributed by atoms with Crippen LogP contribution in [-0.2, 0) is 0 Å². The van der Waals surface area contributed by atoms with Gasteiger partial charge in [-0.05, 0) is 79.5 Å². The molecular formula is C28H26N2O3S. The van der Waals surface area contributed by atoms with Crippen molar-refractivity contribution in [3.8, 4) is 23.1 Å². The maximum Gasteiger partial charge on any atom is 0.262 e. The quantitative estimate of drug-likeness (QED) is 0.286. The summed E-state index contributed by atoms with van der Waals surface area (Å²) in [5.41, 5.74) is 2.57. The van der Waals surface area contributed by atoms with Crippen LogP contribution in [-0.4, -0.2) is 14.7 Å². The summed E-state index contributed by atoms with van der Waals surface area (Å²) in [6.45, 7) is 4.10. The minimum atomic E-state index is -0.422. The molecule has 0 bridgehead atoms. The summed E-state index contributed by atoms with van der Waals surface area (Å²) < 4.78 is 7.40. The van der Waals surface area contributed by atoms with Gasteiger partial charge in [0, 0.05) is 0 Å². The average Bonchev–Trinajstić information content (AvgIpc) is 2.84. The summed E-state index contributed by atoms with van der Waals surface area (Å²) in [4.78, 5) is 15.3. The second-order valence-corrected chi connectivity index (χ2v) is 8.63. The van der Waals surface area contributed by atoms with Crippen LogP contribution in [0.4, 0.5) is 0 Å². The third kappa shape index (κ3) is 5.35. The first kappa shape index (κ1) is 23.3. The number of hydrogen-bond donors (Lipinski definition) is 2. The van der Waals surface area contributed by atoms with E-state index in [1.165, 1.54) is 10.1 Å². The molecule has 0 saturated heterocycles. The zero-order valence-corrected chi connectivity index (χ0v) is 19.9. The Kier molecular flexibility index (Phi) is 7.09. The second kappa shape index (κ2) is 10.4. The van der Waals surface area contributed by atoms with E-state index in [4.69, 9.17) is 17.0 Å². The first-order valence-corrected chi connectivity index (χ1v) is 11.5. The number of nitrogens with one attached hydrogen (secondary N) is 1. The molecule has 172 valence electrons. The highest BCUT2D eigenvalue weighted by Crippen LogP contribution is 2.28. The van der Waals surface area contributed by atoms with Crippen LogP contribution in [0.3, 0.4) is 0 Å². The van der Waals surface area contributed by atoms with Gasteiger partial charge in [-0.15, -0.1) is 0 Å². The number of aromatic hydroxyl groups is 1. The Morgan fingerprint density at radius 2 is 1.59 bits per heavy atom. The molecule has 1 heterocycles. The van der Waals surface area contributed by atoms with E-state index in [1.807, 2.05) is 55.5 Å². The molecule has 0 fully saturated rings. The fourth-order valence-electron chi connectivity index (χ4n) is 3.88. The van der Waals surface area contributed by atoms with Gasteiger partial charge in [-0.25, -0.2) is 0 Å². The van der Waals surface area contributed by atoms with Gasteiger partial charge in [0.1, 0.15) is 17.1 Å². The Balaban J connectivity index is 1.62. The molecule has 5 nitrogen and oxygen atoms in total. The number of para-hydroxylation sites is 1. The van der Waals surface area contributed by atoms with E-state index in [-0.39, 0.29) is 22.1 Å². The standard InChI is InChI=1S/C28H26N2O3S/c1-19(17-20(2)21-9-5-3-6-10-21)18-25-26(31)29-28(34)30(27(25)32)22-13-15-24(16-14-22)33-23-11-7-4-8-12-23/h3-16,18,20,32H,17H2,1-2H3,(H,29,31,34). The predicted octanol–water partition coefficient (Wildman–Crippen LogP) is 6.99. The Bertz CT molecular complexity index is 1410. The van der Waals surface area contributed by atoms with Crippen molar-refractivity contribution in [2.45, 2.75) is 26.2 Å². The number of allylic oxidation sites excluding steroid dienone is 1. The summed E-state index contributed by atoms with van der Waals surface area (Å²) in [5.74, 6) is 1.46. The van der Waals surface area contributed by atoms with Gasteiger partial charge in [-0.3, -0.25) is 14.3 Å². The van der Waals surface area contributed by atoms with E-state index in [0.717, 1.165) is 17.7 Å². The first-order valence-electron chi connectivity index (χ1n) is 11.1. The summed E-state index contributed by atoms with van der Waals surface area (Å²) in [5, 5.41) is 11.0. The van der Waals surface area contributed by atoms with Crippen molar-refractivity contribution < 1.29 is 9.84 Å². The molecule has 4 aromatic rings. The summed E-state index contributed by atoms with van der Waals surface area (Å²) >= 11 is 5.35. The number of rotatable bonds is 7. The van der Waals surface area contributed by atoms with E-state index in [2.05, 4.69) is 24.0 Å². The van der Waals surface area contributed by atoms with Crippen molar-refractivity contribution in [2.24, 2.45) is 0 Å². The van der Waals surface area contributed by atoms with E-state index >= 15 is 0 Å². The van der Waals surface area contributed by atoms with Crippen LogP contribution in [0, 0.1) is 4.77 Å². The van der Waals surface area contributed by atoms with Gasteiger partial charge < -0.3 is 9.84 Å². The van der Waals surface area contributed by atoms with Crippen LogP contribution in [0.25, 0.3) is 11.8 Å². The third-order valence-electron chi connectivity index (χ3n) is 5.58. The highest BCUT2D eigenvalue weighted by molar-refractivity contribution is 7.71. The summed E-state index contributed by atoms with van der Waals surface area (Å²) in [6.07, 6.45) is 2.48. The van der Waals surface area contributed by atoms with Crippen LogP contribution in [0.5, 0.6) is 17.4 Å². The number of ether oxygens (including phenoxy) is 1. The fraction of sp³-hybridized carbons (Fsp3) is 0.143. The van der Waals surface area contributed by atoms with Gasteiger partial charge in [0.05, 0.1) is 5.69 Å². The van der Waals surface area contributed by atoms with Crippen molar-refractivity contribution in [3.05, 3.63) is 117 Å². The number of benzene rings is 3. The minimum Gasteiger partial charge on any atom is -0.494 e. The van der Waals surface area contributed by atoms with Gasteiger partial charge in [-0.1, -0.05) is 61.0 Å². The minimum absolute atomic E-state index is 0.117. The van der Waals surface area contributed by atoms with E-state index in [0.29, 0.717) is 11.4 Å². The van der Waals surface area contributed by atoms with E-state index in [1.54, 1.807) is 30.3 Å². The molecule has 2 N–H and O–H groups in total. The lowest BCUT2D eigenvalue weighted by atomic mass is 9.93. The molecule has 1 unspecified atom stereocenters. The molecule has 0 aliphatic rings. The zero-order valence-electron chi connectivity index (χ0n) is 19.1. The molecule has 0 saturated carbocycles. The fourth-order valence-corrected chi connectivity index (χ4v) is 4.17. The molecule has 6 heteroatoms. The zero-order chi connectivity index (χ0) is 24.1. The Morgan fingerprint density at radius 3 is 2.24 bits per heavy atom. The molecule has 0 aliphatic heterocycles.